The second-order valence-electron chi connectivity index (χ2n) is 8.20. The summed E-state index contributed by atoms with van der Waals surface area (Å²) in [4.78, 5) is 25.5. The van der Waals surface area contributed by atoms with Crippen molar-refractivity contribution in [1.82, 2.24) is 9.80 Å². The van der Waals surface area contributed by atoms with Crippen LogP contribution in [-0.2, 0) is 25.5 Å². The van der Waals surface area contributed by atoms with E-state index in [1.165, 1.54) is 12.1 Å². The molecule has 2 aliphatic heterocycles. The molecule has 2 atom stereocenters. The molecule has 11 heteroatoms. The minimum absolute atomic E-state index is 0.00451. The normalized spacial score (nSPS) is 23.6. The fraction of sp³-hybridized carbons (Fsp3) is 0.619. The van der Waals surface area contributed by atoms with E-state index in [1.54, 1.807) is 12.1 Å². The van der Waals surface area contributed by atoms with Crippen LogP contribution in [0.3, 0.4) is 0 Å². The lowest BCUT2D eigenvalue weighted by atomic mass is 9.99. The van der Waals surface area contributed by atoms with E-state index in [0.29, 0.717) is 31.9 Å². The van der Waals surface area contributed by atoms with E-state index < -0.39 is 17.7 Å². The van der Waals surface area contributed by atoms with Crippen molar-refractivity contribution >= 4 is 11.9 Å². The highest BCUT2D eigenvalue weighted by molar-refractivity contribution is 5.79. The summed E-state index contributed by atoms with van der Waals surface area (Å²) in [5.74, 6) is -3.07. The van der Waals surface area contributed by atoms with Crippen molar-refractivity contribution in [2.45, 2.75) is 37.1 Å². The Hall–Kier alpha value is -2.24. The molecule has 32 heavy (non-hydrogen) atoms. The van der Waals surface area contributed by atoms with Crippen molar-refractivity contribution < 1.29 is 41.7 Å². The third-order valence-electron chi connectivity index (χ3n) is 5.10. The van der Waals surface area contributed by atoms with Crippen LogP contribution in [0.15, 0.2) is 24.3 Å². The lowest BCUT2D eigenvalue weighted by Crippen LogP contribution is -2.47. The Morgan fingerprint density at radius 1 is 1.31 bits per heavy atom. The van der Waals surface area contributed by atoms with Gasteiger partial charge >= 0.3 is 12.1 Å². The smallest absolute Gasteiger partial charge is 0.475 e. The van der Waals surface area contributed by atoms with Crippen molar-refractivity contribution in [3.05, 3.63) is 35.6 Å². The van der Waals surface area contributed by atoms with E-state index in [-0.39, 0.29) is 24.2 Å². The van der Waals surface area contributed by atoms with Gasteiger partial charge in [-0.3, -0.25) is 4.79 Å². The van der Waals surface area contributed by atoms with Gasteiger partial charge in [0.05, 0.1) is 32.3 Å². The summed E-state index contributed by atoms with van der Waals surface area (Å²) in [6.45, 7) is 3.01. The quantitative estimate of drug-likeness (QED) is 0.690. The van der Waals surface area contributed by atoms with Gasteiger partial charge in [0.2, 0.25) is 5.91 Å². The number of amides is 1. The number of ether oxygens (including phenoxy) is 2. The van der Waals surface area contributed by atoms with Crippen LogP contribution in [0.1, 0.15) is 18.4 Å². The van der Waals surface area contributed by atoms with Crippen LogP contribution in [0.2, 0.25) is 0 Å². The fourth-order valence-electron chi connectivity index (χ4n) is 3.71. The van der Waals surface area contributed by atoms with Gasteiger partial charge in [-0.2, -0.15) is 13.2 Å². The van der Waals surface area contributed by atoms with E-state index >= 15 is 0 Å². The van der Waals surface area contributed by atoms with Crippen molar-refractivity contribution in [2.75, 3.05) is 46.9 Å². The van der Waals surface area contributed by atoms with Gasteiger partial charge in [0.25, 0.3) is 0 Å². The van der Waals surface area contributed by atoms with Crippen LogP contribution in [0.4, 0.5) is 17.6 Å². The number of benzene rings is 1. The SMILES string of the molecule is CN(C)CC1CCC2(COCCN(C(=O)Cc3cccc(F)c3)C2)O1.O=C(O)C(F)(F)F. The Balaban J connectivity index is 0.000000451. The first kappa shape index (κ1) is 26.0. The number of carbonyl (C=O) groups is 2. The fourth-order valence-corrected chi connectivity index (χ4v) is 3.71. The first-order valence-electron chi connectivity index (χ1n) is 10.1. The zero-order valence-electron chi connectivity index (χ0n) is 18.0. The van der Waals surface area contributed by atoms with E-state index in [4.69, 9.17) is 19.4 Å². The Bertz CT molecular complexity index is 790. The lowest BCUT2D eigenvalue weighted by molar-refractivity contribution is -0.192. The summed E-state index contributed by atoms with van der Waals surface area (Å²) >= 11 is 0. The van der Waals surface area contributed by atoms with Gasteiger partial charge in [-0.1, -0.05) is 12.1 Å². The zero-order chi connectivity index (χ0) is 23.9. The van der Waals surface area contributed by atoms with Crippen molar-refractivity contribution in [2.24, 2.45) is 0 Å². The summed E-state index contributed by atoms with van der Waals surface area (Å²) in [6.07, 6.45) is -2.82. The van der Waals surface area contributed by atoms with Crippen molar-refractivity contribution in [3.8, 4) is 0 Å². The second kappa shape index (κ2) is 11.1. The number of alkyl halides is 3. The highest BCUT2D eigenvalue weighted by Crippen LogP contribution is 2.33. The standard InChI is InChI=1S/C19H27FN2O3.C2HF3O2/c1-21(2)12-17-6-7-19(25-17)13-22(8-9-24-14-19)18(23)11-15-4-3-5-16(20)10-15;3-2(4,5)1(6)7/h3-5,10,17H,6-9,11-14H2,1-2H3;(H,6,7). The van der Waals surface area contributed by atoms with E-state index in [1.807, 2.05) is 19.0 Å². The molecule has 1 spiro atoms. The maximum Gasteiger partial charge on any atom is 0.490 e. The summed E-state index contributed by atoms with van der Waals surface area (Å²) in [5, 5.41) is 7.12. The molecule has 0 radical (unpaired) electrons. The van der Waals surface area contributed by atoms with Crippen LogP contribution in [0.5, 0.6) is 0 Å². The van der Waals surface area contributed by atoms with Gasteiger partial charge in [0.15, 0.2) is 0 Å². The molecule has 2 fully saturated rings. The largest absolute Gasteiger partial charge is 0.490 e. The minimum Gasteiger partial charge on any atom is -0.475 e. The topological polar surface area (TPSA) is 79.3 Å². The number of carboxylic acids is 1. The van der Waals surface area contributed by atoms with E-state index in [2.05, 4.69) is 4.90 Å². The molecule has 0 saturated carbocycles. The summed E-state index contributed by atoms with van der Waals surface area (Å²) < 4.78 is 57.1. The third kappa shape index (κ3) is 8.03. The molecule has 0 aromatic heterocycles. The predicted molar refractivity (Wildman–Crippen MR) is 107 cm³/mol. The van der Waals surface area contributed by atoms with E-state index in [9.17, 15) is 22.4 Å². The van der Waals surface area contributed by atoms with Gasteiger partial charge < -0.3 is 24.4 Å². The van der Waals surface area contributed by atoms with E-state index in [0.717, 1.165) is 19.4 Å². The number of hydrogen-bond acceptors (Lipinski definition) is 5. The Morgan fingerprint density at radius 2 is 2.00 bits per heavy atom. The Kier molecular flexibility index (Phi) is 8.99. The van der Waals surface area contributed by atoms with Crippen molar-refractivity contribution in [3.63, 3.8) is 0 Å². The Morgan fingerprint density at radius 3 is 2.59 bits per heavy atom. The molecule has 1 N–H and O–H groups in total. The highest BCUT2D eigenvalue weighted by atomic mass is 19.4. The van der Waals surface area contributed by atoms with Gasteiger partial charge in [0.1, 0.15) is 11.4 Å². The van der Waals surface area contributed by atoms with Crippen LogP contribution in [0, 0.1) is 5.82 Å². The first-order chi connectivity index (χ1) is 14.9. The molecule has 2 unspecified atom stereocenters. The molecule has 2 saturated heterocycles. The molecule has 3 rings (SSSR count). The molecule has 0 bridgehead atoms. The molecule has 7 nitrogen and oxygen atoms in total. The number of likely N-dealkylation sites (N-methyl/N-ethyl adjacent to an activating group) is 1. The monoisotopic (exact) mass is 464 g/mol. The summed E-state index contributed by atoms with van der Waals surface area (Å²) in [6, 6.07) is 6.22. The predicted octanol–water partition coefficient (Wildman–Crippen LogP) is 2.34. The second-order valence-corrected chi connectivity index (χ2v) is 8.20. The molecule has 2 aliphatic rings. The van der Waals surface area contributed by atoms with Crippen LogP contribution in [-0.4, -0.2) is 91.6 Å². The molecular formula is C21H28F4N2O5. The summed E-state index contributed by atoms with van der Waals surface area (Å²) in [5.41, 5.74) is 0.288. The average molecular weight is 464 g/mol. The maximum absolute atomic E-state index is 13.3. The number of carboxylic acid groups (broad SMARTS) is 1. The molecule has 1 aromatic rings. The number of nitrogens with zero attached hydrogens (tertiary/aromatic N) is 2. The number of aliphatic carboxylic acids is 1. The molecule has 0 aliphatic carbocycles. The highest BCUT2D eigenvalue weighted by Gasteiger charge is 2.44. The van der Waals surface area contributed by atoms with Crippen LogP contribution in [0.25, 0.3) is 0 Å². The molecular weight excluding hydrogens is 436 g/mol. The number of rotatable bonds is 4. The molecule has 2 heterocycles. The van der Waals surface area contributed by atoms with Gasteiger partial charge in [-0.05, 0) is 44.6 Å². The number of hydrogen-bond donors (Lipinski definition) is 1. The maximum atomic E-state index is 13.3. The van der Waals surface area contributed by atoms with Gasteiger partial charge in [0, 0.05) is 13.1 Å². The zero-order valence-corrected chi connectivity index (χ0v) is 18.0. The average Bonchev–Trinajstić information content (AvgIpc) is 2.92. The first-order valence-corrected chi connectivity index (χ1v) is 10.1. The molecule has 180 valence electrons. The molecule has 1 aromatic carbocycles. The molecule has 1 amide bonds. The summed E-state index contributed by atoms with van der Waals surface area (Å²) in [7, 11) is 4.07. The van der Waals surface area contributed by atoms with Crippen molar-refractivity contribution in [1.29, 1.82) is 0 Å². The van der Waals surface area contributed by atoms with Gasteiger partial charge in [-0.25, -0.2) is 9.18 Å². The van der Waals surface area contributed by atoms with Crippen LogP contribution < -0.4 is 0 Å². The third-order valence-corrected chi connectivity index (χ3v) is 5.10. The minimum atomic E-state index is -5.08. The van der Waals surface area contributed by atoms with Gasteiger partial charge in [-0.15, -0.1) is 0 Å². The Labute approximate surface area is 183 Å². The lowest BCUT2D eigenvalue weighted by Gasteiger charge is -2.32. The number of halogens is 4. The number of carbonyl (C=O) groups excluding carboxylic acids is 1. The van der Waals surface area contributed by atoms with Crippen LogP contribution >= 0.6 is 0 Å².